The number of carbonyl (C=O) groups is 3. The maximum absolute atomic E-state index is 11.3. The van der Waals surface area contributed by atoms with E-state index in [9.17, 15) is 14.4 Å². The molecule has 0 bridgehead atoms. The van der Waals surface area contributed by atoms with Crippen LogP contribution in [0.5, 0.6) is 0 Å². The zero-order valence-electron chi connectivity index (χ0n) is 7.89. The third kappa shape index (κ3) is 2.38. The Hall–Kier alpha value is -1.23. The minimum absolute atomic E-state index is 0.0283. The minimum Gasteiger partial charge on any atom is -0.465 e. The number of Topliss-reactive ketones (excluding diaryl/α,β-unsaturated/α-hetero) is 1. The van der Waals surface area contributed by atoms with Crippen molar-refractivity contribution in [2.24, 2.45) is 5.92 Å². The number of rotatable bonds is 4. The molecule has 1 rings (SSSR count). The van der Waals surface area contributed by atoms with Crippen molar-refractivity contribution in [2.75, 3.05) is 13.2 Å². The molecule has 2 atom stereocenters. The molecular formula is C9H12O5. The van der Waals surface area contributed by atoms with Crippen LogP contribution in [0.3, 0.4) is 0 Å². The van der Waals surface area contributed by atoms with E-state index in [-0.39, 0.29) is 25.4 Å². The van der Waals surface area contributed by atoms with Gasteiger partial charge in [0.25, 0.3) is 0 Å². The van der Waals surface area contributed by atoms with Gasteiger partial charge in [-0.1, -0.05) is 0 Å². The number of aldehydes is 1. The first-order valence-electron chi connectivity index (χ1n) is 4.42. The molecule has 1 aliphatic rings. The van der Waals surface area contributed by atoms with Gasteiger partial charge in [-0.05, 0) is 6.92 Å². The molecule has 1 heterocycles. The van der Waals surface area contributed by atoms with Crippen LogP contribution in [0, 0.1) is 5.92 Å². The quantitative estimate of drug-likeness (QED) is 0.270. The Morgan fingerprint density at radius 2 is 2.43 bits per heavy atom. The second kappa shape index (κ2) is 4.85. The average Bonchev–Trinajstić information content (AvgIpc) is 2.48. The highest BCUT2D eigenvalue weighted by atomic mass is 16.5. The van der Waals surface area contributed by atoms with E-state index in [0.29, 0.717) is 6.29 Å². The Bertz CT molecular complexity index is 248. The Balaban J connectivity index is 2.38. The van der Waals surface area contributed by atoms with Crippen molar-refractivity contribution in [1.82, 2.24) is 0 Å². The SMILES string of the molecule is CC1OCC(C(=O)OCCC=O)C1=O. The van der Waals surface area contributed by atoms with Crippen LogP contribution in [0.4, 0.5) is 0 Å². The molecule has 0 N–H and O–H groups in total. The lowest BCUT2D eigenvalue weighted by Gasteiger charge is -2.05. The second-order valence-electron chi connectivity index (χ2n) is 3.05. The van der Waals surface area contributed by atoms with Gasteiger partial charge >= 0.3 is 5.97 Å². The molecule has 0 spiro atoms. The third-order valence-electron chi connectivity index (χ3n) is 2.02. The lowest BCUT2D eigenvalue weighted by atomic mass is 10.1. The summed E-state index contributed by atoms with van der Waals surface area (Å²) >= 11 is 0. The highest BCUT2D eigenvalue weighted by Gasteiger charge is 2.38. The Kier molecular flexibility index (Phi) is 3.76. The number of esters is 1. The normalized spacial score (nSPS) is 26.2. The van der Waals surface area contributed by atoms with Crippen LogP contribution in [-0.4, -0.2) is 37.4 Å². The lowest BCUT2D eigenvalue weighted by Crippen LogP contribution is -2.27. The van der Waals surface area contributed by atoms with Crippen molar-refractivity contribution in [2.45, 2.75) is 19.4 Å². The van der Waals surface area contributed by atoms with E-state index in [2.05, 4.69) is 0 Å². The van der Waals surface area contributed by atoms with Gasteiger partial charge in [-0.15, -0.1) is 0 Å². The van der Waals surface area contributed by atoms with Gasteiger partial charge in [0, 0.05) is 6.42 Å². The number of hydrogen-bond donors (Lipinski definition) is 0. The topological polar surface area (TPSA) is 69.7 Å². The van der Waals surface area contributed by atoms with Gasteiger partial charge in [0.2, 0.25) is 0 Å². The van der Waals surface area contributed by atoms with Crippen molar-refractivity contribution in [3.63, 3.8) is 0 Å². The first-order chi connectivity index (χ1) is 6.66. The molecule has 0 aromatic heterocycles. The van der Waals surface area contributed by atoms with E-state index in [1.54, 1.807) is 6.92 Å². The van der Waals surface area contributed by atoms with Crippen molar-refractivity contribution in [3.05, 3.63) is 0 Å². The zero-order valence-corrected chi connectivity index (χ0v) is 7.89. The monoisotopic (exact) mass is 200 g/mol. The van der Waals surface area contributed by atoms with Gasteiger partial charge in [0.15, 0.2) is 5.78 Å². The van der Waals surface area contributed by atoms with Crippen molar-refractivity contribution >= 4 is 18.0 Å². The van der Waals surface area contributed by atoms with Gasteiger partial charge in [0.05, 0.1) is 13.2 Å². The summed E-state index contributed by atoms with van der Waals surface area (Å²) in [5, 5.41) is 0. The third-order valence-corrected chi connectivity index (χ3v) is 2.02. The van der Waals surface area contributed by atoms with Crippen LogP contribution in [-0.2, 0) is 23.9 Å². The fraction of sp³-hybridized carbons (Fsp3) is 0.667. The van der Waals surface area contributed by atoms with Crippen molar-refractivity contribution in [1.29, 1.82) is 0 Å². The minimum atomic E-state index is -0.809. The first kappa shape index (κ1) is 10.8. The van der Waals surface area contributed by atoms with Crippen LogP contribution >= 0.6 is 0 Å². The summed E-state index contributed by atoms with van der Waals surface area (Å²) in [6.45, 7) is 1.71. The summed E-state index contributed by atoms with van der Waals surface area (Å²) < 4.78 is 9.70. The Morgan fingerprint density at radius 1 is 1.71 bits per heavy atom. The fourth-order valence-electron chi connectivity index (χ4n) is 1.18. The van der Waals surface area contributed by atoms with Crippen LogP contribution in [0.1, 0.15) is 13.3 Å². The second-order valence-corrected chi connectivity index (χ2v) is 3.05. The molecular weight excluding hydrogens is 188 g/mol. The molecule has 1 saturated heterocycles. The number of hydrogen-bond acceptors (Lipinski definition) is 5. The molecule has 5 nitrogen and oxygen atoms in total. The molecule has 0 radical (unpaired) electrons. The lowest BCUT2D eigenvalue weighted by molar-refractivity contribution is -0.150. The Morgan fingerprint density at radius 3 is 2.93 bits per heavy atom. The molecule has 0 aliphatic carbocycles. The predicted molar refractivity (Wildman–Crippen MR) is 45.6 cm³/mol. The van der Waals surface area contributed by atoms with Gasteiger partial charge in [-0.2, -0.15) is 0 Å². The standard InChI is InChI=1S/C9H12O5/c1-6-8(11)7(5-14-6)9(12)13-4-2-3-10/h3,6-7H,2,4-5H2,1H3. The molecule has 2 unspecified atom stereocenters. The summed E-state index contributed by atoms with van der Waals surface area (Å²) in [4.78, 5) is 32.5. The van der Waals surface area contributed by atoms with Crippen LogP contribution < -0.4 is 0 Å². The largest absolute Gasteiger partial charge is 0.465 e. The van der Waals surface area contributed by atoms with Gasteiger partial charge in [0.1, 0.15) is 18.3 Å². The summed E-state index contributed by atoms with van der Waals surface area (Å²) in [5.74, 6) is -1.65. The van der Waals surface area contributed by atoms with E-state index in [0.717, 1.165) is 0 Å². The molecule has 78 valence electrons. The Labute approximate surface area is 81.4 Å². The van der Waals surface area contributed by atoms with E-state index in [1.807, 2.05) is 0 Å². The summed E-state index contributed by atoms with van der Waals surface area (Å²) in [6.07, 6.45) is 0.282. The van der Waals surface area contributed by atoms with Gasteiger partial charge in [-0.25, -0.2) is 0 Å². The molecule has 14 heavy (non-hydrogen) atoms. The smallest absolute Gasteiger partial charge is 0.318 e. The molecule has 5 heteroatoms. The first-order valence-corrected chi connectivity index (χ1v) is 4.42. The number of ether oxygens (including phenoxy) is 2. The van der Waals surface area contributed by atoms with E-state index in [4.69, 9.17) is 9.47 Å². The summed E-state index contributed by atoms with van der Waals surface area (Å²) in [5.41, 5.74) is 0. The maximum atomic E-state index is 11.3. The van der Waals surface area contributed by atoms with Gasteiger partial charge < -0.3 is 14.3 Å². The van der Waals surface area contributed by atoms with E-state index >= 15 is 0 Å². The molecule has 0 aromatic carbocycles. The molecule has 1 aliphatic heterocycles. The fourth-order valence-corrected chi connectivity index (χ4v) is 1.18. The van der Waals surface area contributed by atoms with E-state index < -0.39 is 18.0 Å². The van der Waals surface area contributed by atoms with Crippen molar-refractivity contribution < 1.29 is 23.9 Å². The van der Waals surface area contributed by atoms with Crippen LogP contribution in [0.25, 0.3) is 0 Å². The van der Waals surface area contributed by atoms with E-state index in [1.165, 1.54) is 0 Å². The highest BCUT2D eigenvalue weighted by Crippen LogP contribution is 2.16. The molecule has 0 amide bonds. The predicted octanol–water partition coefficient (Wildman–Crippen LogP) is -0.277. The molecule has 1 fully saturated rings. The number of carbonyl (C=O) groups excluding carboxylic acids is 3. The zero-order chi connectivity index (χ0) is 10.6. The summed E-state index contributed by atoms with van der Waals surface area (Å²) in [7, 11) is 0. The number of ketones is 1. The van der Waals surface area contributed by atoms with Crippen molar-refractivity contribution in [3.8, 4) is 0 Å². The molecule has 0 saturated carbocycles. The van der Waals surface area contributed by atoms with Gasteiger partial charge in [-0.3, -0.25) is 9.59 Å². The molecule has 0 aromatic rings. The van der Waals surface area contributed by atoms with Crippen LogP contribution in [0.2, 0.25) is 0 Å². The average molecular weight is 200 g/mol. The van der Waals surface area contributed by atoms with Crippen LogP contribution in [0.15, 0.2) is 0 Å². The summed E-state index contributed by atoms with van der Waals surface area (Å²) in [6, 6.07) is 0. The highest BCUT2D eigenvalue weighted by molar-refractivity contribution is 6.02. The maximum Gasteiger partial charge on any atom is 0.318 e.